The molecule has 0 aliphatic carbocycles. The molecule has 0 spiro atoms. The molecule has 1 unspecified atom stereocenters. The second-order valence-electron chi connectivity index (χ2n) is 4.45. The summed E-state index contributed by atoms with van der Waals surface area (Å²) < 4.78 is 10.8. The average molecular weight is 245 g/mol. The van der Waals surface area contributed by atoms with E-state index in [1.54, 1.807) is 6.26 Å². The van der Waals surface area contributed by atoms with Crippen LogP contribution >= 0.6 is 0 Å². The van der Waals surface area contributed by atoms with Gasteiger partial charge in [-0.15, -0.1) is 0 Å². The largest absolute Gasteiger partial charge is 0.467 e. The summed E-state index contributed by atoms with van der Waals surface area (Å²) in [6.07, 6.45) is 1.65. The fourth-order valence-corrected chi connectivity index (χ4v) is 1.74. The van der Waals surface area contributed by atoms with Crippen LogP contribution in [0.5, 0.6) is 0 Å². The molecular weight excluding hydrogens is 226 g/mol. The van der Waals surface area contributed by atoms with Crippen molar-refractivity contribution in [3.05, 3.63) is 59.5 Å². The van der Waals surface area contributed by atoms with Gasteiger partial charge in [-0.3, -0.25) is 0 Å². The number of hydrogen-bond acceptors (Lipinski definition) is 3. The van der Waals surface area contributed by atoms with Crippen LogP contribution in [0.1, 0.15) is 29.7 Å². The molecule has 0 amide bonds. The van der Waals surface area contributed by atoms with Gasteiger partial charge in [-0.05, 0) is 35.7 Å². The zero-order valence-corrected chi connectivity index (χ0v) is 10.6. The maximum Gasteiger partial charge on any atom is 0.129 e. The van der Waals surface area contributed by atoms with E-state index in [0.717, 1.165) is 11.3 Å². The van der Waals surface area contributed by atoms with Gasteiger partial charge in [-0.25, -0.2) is 0 Å². The van der Waals surface area contributed by atoms with Crippen LogP contribution in [0.25, 0.3) is 0 Å². The van der Waals surface area contributed by atoms with Crippen molar-refractivity contribution < 1.29 is 9.15 Å². The zero-order valence-electron chi connectivity index (χ0n) is 10.6. The van der Waals surface area contributed by atoms with Gasteiger partial charge >= 0.3 is 0 Å². The molecule has 3 nitrogen and oxygen atoms in total. The standard InChI is InChI=1S/C15H19NO2/c1-12(9-16)14-6-4-13(5-7-14)10-17-11-15-3-2-8-18-15/h2-8,12H,9-11,16H2,1H3. The number of rotatable bonds is 6. The molecule has 0 fully saturated rings. The van der Waals surface area contributed by atoms with Crippen LogP contribution < -0.4 is 5.73 Å². The number of furan rings is 1. The highest BCUT2D eigenvalue weighted by Gasteiger charge is 2.03. The summed E-state index contributed by atoms with van der Waals surface area (Å²) in [5, 5.41) is 0. The Labute approximate surface area is 108 Å². The maximum atomic E-state index is 5.64. The summed E-state index contributed by atoms with van der Waals surface area (Å²) in [6, 6.07) is 12.2. The third kappa shape index (κ3) is 3.45. The van der Waals surface area contributed by atoms with Crippen molar-refractivity contribution in [1.82, 2.24) is 0 Å². The molecule has 2 rings (SSSR count). The number of hydrogen-bond donors (Lipinski definition) is 1. The van der Waals surface area contributed by atoms with Gasteiger partial charge in [-0.1, -0.05) is 31.2 Å². The second-order valence-corrected chi connectivity index (χ2v) is 4.45. The summed E-state index contributed by atoms with van der Waals surface area (Å²) in [4.78, 5) is 0. The van der Waals surface area contributed by atoms with E-state index in [-0.39, 0.29) is 0 Å². The first-order chi connectivity index (χ1) is 8.79. The van der Waals surface area contributed by atoms with Gasteiger partial charge < -0.3 is 14.9 Å². The van der Waals surface area contributed by atoms with Gasteiger partial charge in [0.25, 0.3) is 0 Å². The molecule has 0 aliphatic heterocycles. The quantitative estimate of drug-likeness (QED) is 0.850. The Balaban J connectivity index is 1.83. The lowest BCUT2D eigenvalue weighted by Gasteiger charge is -2.09. The van der Waals surface area contributed by atoms with Crippen LogP contribution in [0.15, 0.2) is 47.1 Å². The first-order valence-corrected chi connectivity index (χ1v) is 6.18. The number of benzene rings is 1. The number of nitrogens with two attached hydrogens (primary N) is 1. The summed E-state index contributed by atoms with van der Waals surface area (Å²) in [6.45, 7) is 3.91. The Kier molecular flexibility index (Phi) is 4.56. The highest BCUT2D eigenvalue weighted by Crippen LogP contribution is 2.15. The molecule has 0 aliphatic rings. The highest BCUT2D eigenvalue weighted by molar-refractivity contribution is 5.24. The minimum atomic E-state index is 0.406. The first-order valence-electron chi connectivity index (χ1n) is 6.18. The zero-order chi connectivity index (χ0) is 12.8. The van der Waals surface area contributed by atoms with Crippen molar-refractivity contribution >= 4 is 0 Å². The molecule has 0 bridgehead atoms. The third-order valence-electron chi connectivity index (χ3n) is 3.00. The lowest BCUT2D eigenvalue weighted by Crippen LogP contribution is -2.08. The van der Waals surface area contributed by atoms with Gasteiger partial charge in [0, 0.05) is 0 Å². The van der Waals surface area contributed by atoms with Crippen LogP contribution in [0, 0.1) is 0 Å². The van der Waals surface area contributed by atoms with Crippen molar-refractivity contribution in [3.8, 4) is 0 Å². The van der Waals surface area contributed by atoms with Crippen molar-refractivity contribution in [3.63, 3.8) is 0 Å². The van der Waals surface area contributed by atoms with Crippen LogP contribution in [0.2, 0.25) is 0 Å². The van der Waals surface area contributed by atoms with Crippen molar-refractivity contribution in [2.24, 2.45) is 5.73 Å². The third-order valence-corrected chi connectivity index (χ3v) is 3.00. The molecule has 1 atom stereocenters. The Morgan fingerprint density at radius 3 is 2.56 bits per heavy atom. The summed E-state index contributed by atoms with van der Waals surface area (Å²) in [5.74, 6) is 1.26. The lowest BCUT2D eigenvalue weighted by atomic mass is 10.0. The SMILES string of the molecule is CC(CN)c1ccc(COCc2ccco2)cc1. The van der Waals surface area contributed by atoms with Gasteiger partial charge in [0.2, 0.25) is 0 Å². The molecule has 0 saturated carbocycles. The molecule has 0 radical (unpaired) electrons. The fraction of sp³-hybridized carbons (Fsp3) is 0.333. The predicted octanol–water partition coefficient (Wildman–Crippen LogP) is 3.06. The van der Waals surface area contributed by atoms with E-state index in [0.29, 0.717) is 25.7 Å². The van der Waals surface area contributed by atoms with Gasteiger partial charge in [-0.2, -0.15) is 0 Å². The van der Waals surface area contributed by atoms with Crippen LogP contribution in [0.4, 0.5) is 0 Å². The lowest BCUT2D eigenvalue weighted by molar-refractivity contribution is 0.0929. The summed E-state index contributed by atoms with van der Waals surface area (Å²) in [7, 11) is 0. The minimum absolute atomic E-state index is 0.406. The average Bonchev–Trinajstić information content (AvgIpc) is 2.92. The van der Waals surface area contributed by atoms with Crippen LogP contribution in [-0.2, 0) is 18.0 Å². The molecule has 0 saturated heterocycles. The Hall–Kier alpha value is -1.58. The van der Waals surface area contributed by atoms with Crippen molar-refractivity contribution in [2.45, 2.75) is 26.1 Å². The molecule has 2 aromatic rings. The van der Waals surface area contributed by atoms with E-state index in [9.17, 15) is 0 Å². The van der Waals surface area contributed by atoms with E-state index in [1.165, 1.54) is 5.56 Å². The van der Waals surface area contributed by atoms with Crippen LogP contribution in [-0.4, -0.2) is 6.54 Å². The Bertz CT molecular complexity index is 448. The van der Waals surface area contributed by atoms with E-state index >= 15 is 0 Å². The first kappa shape index (κ1) is 12.9. The molecular formula is C15H19NO2. The Morgan fingerprint density at radius 2 is 1.94 bits per heavy atom. The minimum Gasteiger partial charge on any atom is -0.467 e. The molecule has 96 valence electrons. The topological polar surface area (TPSA) is 48.4 Å². The molecule has 2 N–H and O–H groups in total. The van der Waals surface area contributed by atoms with E-state index < -0.39 is 0 Å². The summed E-state index contributed by atoms with van der Waals surface area (Å²) in [5.41, 5.74) is 8.07. The normalized spacial score (nSPS) is 12.6. The van der Waals surface area contributed by atoms with Gasteiger partial charge in [0.1, 0.15) is 12.4 Å². The maximum absolute atomic E-state index is 5.64. The summed E-state index contributed by atoms with van der Waals surface area (Å²) >= 11 is 0. The monoisotopic (exact) mass is 245 g/mol. The predicted molar refractivity (Wildman–Crippen MR) is 71.1 cm³/mol. The van der Waals surface area contributed by atoms with Gasteiger partial charge in [0.15, 0.2) is 0 Å². The molecule has 3 heteroatoms. The van der Waals surface area contributed by atoms with E-state index in [4.69, 9.17) is 14.9 Å². The van der Waals surface area contributed by atoms with Crippen LogP contribution in [0.3, 0.4) is 0 Å². The highest BCUT2D eigenvalue weighted by atomic mass is 16.5. The molecule has 1 heterocycles. The van der Waals surface area contributed by atoms with Crippen molar-refractivity contribution in [2.75, 3.05) is 6.54 Å². The smallest absolute Gasteiger partial charge is 0.129 e. The molecule has 18 heavy (non-hydrogen) atoms. The van der Waals surface area contributed by atoms with Gasteiger partial charge in [0.05, 0.1) is 12.9 Å². The molecule has 1 aromatic carbocycles. The van der Waals surface area contributed by atoms with E-state index in [1.807, 2.05) is 12.1 Å². The van der Waals surface area contributed by atoms with E-state index in [2.05, 4.69) is 31.2 Å². The Morgan fingerprint density at radius 1 is 1.17 bits per heavy atom. The molecule has 1 aromatic heterocycles. The second kappa shape index (κ2) is 6.38. The van der Waals surface area contributed by atoms with Crippen molar-refractivity contribution in [1.29, 1.82) is 0 Å². The number of ether oxygens (including phenoxy) is 1. The fourth-order valence-electron chi connectivity index (χ4n) is 1.74.